The molecule has 3 nitrogen and oxygen atoms in total. The van der Waals surface area contributed by atoms with E-state index in [2.05, 4.69) is 5.32 Å². The molecule has 1 aromatic rings. The topological polar surface area (TPSA) is 46.2 Å². The highest BCUT2D eigenvalue weighted by molar-refractivity contribution is 7.92. The van der Waals surface area contributed by atoms with Gasteiger partial charge in [0.25, 0.3) is 9.84 Å². The van der Waals surface area contributed by atoms with Crippen molar-refractivity contribution in [2.24, 2.45) is 5.92 Å². The number of halogens is 4. The molecule has 1 N–H and O–H groups in total. The first kappa shape index (κ1) is 16.1. The molecule has 0 saturated heterocycles. The predicted octanol–water partition coefficient (Wildman–Crippen LogP) is 3.72. The van der Waals surface area contributed by atoms with E-state index in [0.29, 0.717) is 12.0 Å². The van der Waals surface area contributed by atoms with Gasteiger partial charge < -0.3 is 5.32 Å². The summed E-state index contributed by atoms with van der Waals surface area (Å²) in [4.78, 5) is -1.07. The van der Waals surface area contributed by atoms with Crippen LogP contribution in [0, 0.1) is 11.7 Å². The highest BCUT2D eigenvalue weighted by Crippen LogP contribution is 2.37. The molecule has 0 amide bonds. The van der Waals surface area contributed by atoms with Crippen LogP contribution in [0.4, 0.5) is 23.2 Å². The Bertz CT molecular complexity index is 624. The van der Waals surface area contributed by atoms with Crippen molar-refractivity contribution in [3.8, 4) is 0 Å². The van der Waals surface area contributed by atoms with Crippen LogP contribution < -0.4 is 5.32 Å². The van der Waals surface area contributed by atoms with Gasteiger partial charge in [0, 0.05) is 6.04 Å². The van der Waals surface area contributed by atoms with Crippen LogP contribution in [0.5, 0.6) is 0 Å². The number of benzene rings is 1. The Morgan fingerprint density at radius 2 is 1.95 bits per heavy atom. The lowest BCUT2D eigenvalue weighted by molar-refractivity contribution is -0.0435. The van der Waals surface area contributed by atoms with Gasteiger partial charge in [-0.05, 0) is 37.5 Å². The lowest BCUT2D eigenvalue weighted by Gasteiger charge is -2.18. The second-order valence-corrected chi connectivity index (χ2v) is 7.22. The molecule has 1 saturated carbocycles. The van der Waals surface area contributed by atoms with Crippen LogP contribution >= 0.6 is 0 Å². The van der Waals surface area contributed by atoms with E-state index in [0.717, 1.165) is 31.4 Å². The average molecular weight is 325 g/mol. The number of sulfone groups is 1. The molecule has 1 unspecified atom stereocenters. The Labute approximate surface area is 120 Å². The van der Waals surface area contributed by atoms with Gasteiger partial charge in [-0.15, -0.1) is 0 Å². The normalized spacial score (nSPS) is 17.6. The second kappa shape index (κ2) is 5.47. The van der Waals surface area contributed by atoms with E-state index < -0.39 is 26.1 Å². The zero-order valence-corrected chi connectivity index (χ0v) is 12.1. The molecule has 1 fully saturated rings. The quantitative estimate of drug-likeness (QED) is 0.839. The molecule has 118 valence electrons. The van der Waals surface area contributed by atoms with Crippen LogP contribution in [0.25, 0.3) is 0 Å². The van der Waals surface area contributed by atoms with Gasteiger partial charge in [-0.2, -0.15) is 13.2 Å². The van der Waals surface area contributed by atoms with Crippen LogP contribution in [-0.4, -0.2) is 20.0 Å². The molecule has 1 aliphatic carbocycles. The molecule has 0 radical (unpaired) electrons. The first-order valence-corrected chi connectivity index (χ1v) is 7.97. The van der Waals surface area contributed by atoms with Gasteiger partial charge in [-0.3, -0.25) is 0 Å². The molecule has 1 atom stereocenters. The maximum Gasteiger partial charge on any atom is 0.501 e. The van der Waals surface area contributed by atoms with Gasteiger partial charge in [-0.25, -0.2) is 12.8 Å². The fourth-order valence-corrected chi connectivity index (χ4v) is 3.07. The lowest BCUT2D eigenvalue weighted by Crippen LogP contribution is -2.26. The van der Waals surface area contributed by atoms with Crippen LogP contribution in [0.2, 0.25) is 0 Å². The maximum absolute atomic E-state index is 13.2. The summed E-state index contributed by atoms with van der Waals surface area (Å²) in [6, 6.07) is 2.17. The van der Waals surface area contributed by atoms with Crippen LogP contribution in [0.15, 0.2) is 23.1 Å². The Balaban J connectivity index is 2.33. The fraction of sp³-hybridized carbons (Fsp3) is 0.538. The molecule has 0 aliphatic heterocycles. The van der Waals surface area contributed by atoms with Crippen LogP contribution in [-0.2, 0) is 9.84 Å². The first-order valence-electron chi connectivity index (χ1n) is 6.48. The number of alkyl halides is 3. The highest BCUT2D eigenvalue weighted by atomic mass is 32.2. The molecular formula is C13H15F4NO2S. The van der Waals surface area contributed by atoms with Gasteiger partial charge in [0.1, 0.15) is 10.7 Å². The van der Waals surface area contributed by atoms with E-state index >= 15 is 0 Å². The van der Waals surface area contributed by atoms with Crippen molar-refractivity contribution in [2.45, 2.75) is 42.6 Å². The van der Waals surface area contributed by atoms with E-state index in [9.17, 15) is 26.0 Å². The van der Waals surface area contributed by atoms with Crippen molar-refractivity contribution in [1.29, 1.82) is 0 Å². The third-order valence-corrected chi connectivity index (χ3v) is 4.85. The summed E-state index contributed by atoms with van der Waals surface area (Å²) in [5, 5.41) is 2.74. The molecule has 0 bridgehead atoms. The summed E-state index contributed by atoms with van der Waals surface area (Å²) < 4.78 is 74.1. The molecule has 0 heterocycles. The van der Waals surface area contributed by atoms with Crippen molar-refractivity contribution >= 4 is 15.5 Å². The highest BCUT2D eigenvalue weighted by Gasteiger charge is 2.48. The summed E-state index contributed by atoms with van der Waals surface area (Å²) in [5.74, 6) is -0.506. The number of hydrogen-bond acceptors (Lipinski definition) is 3. The fourth-order valence-electron chi connectivity index (χ4n) is 2.14. The smallest absolute Gasteiger partial charge is 0.382 e. The molecular weight excluding hydrogens is 310 g/mol. The maximum atomic E-state index is 13.2. The van der Waals surface area contributed by atoms with Crippen LogP contribution in [0.3, 0.4) is 0 Å². The Kier molecular flexibility index (Phi) is 4.19. The van der Waals surface area contributed by atoms with Crippen molar-refractivity contribution in [3.63, 3.8) is 0 Å². The zero-order valence-electron chi connectivity index (χ0n) is 11.2. The third-order valence-electron chi connectivity index (χ3n) is 3.32. The molecule has 0 spiro atoms. The number of nitrogens with one attached hydrogen (secondary N) is 1. The number of rotatable bonds is 5. The van der Waals surface area contributed by atoms with Crippen molar-refractivity contribution < 1.29 is 26.0 Å². The molecule has 1 aliphatic rings. The second-order valence-electron chi connectivity index (χ2n) is 5.31. The van der Waals surface area contributed by atoms with Gasteiger partial charge >= 0.3 is 5.51 Å². The predicted molar refractivity (Wildman–Crippen MR) is 70.1 cm³/mol. The summed E-state index contributed by atoms with van der Waals surface area (Å²) >= 11 is 0. The van der Waals surface area contributed by atoms with Crippen LogP contribution in [0.1, 0.15) is 26.2 Å². The lowest BCUT2D eigenvalue weighted by atomic mass is 10.1. The minimum Gasteiger partial charge on any atom is -0.382 e. The van der Waals surface area contributed by atoms with E-state index in [1.807, 2.05) is 0 Å². The van der Waals surface area contributed by atoms with Gasteiger partial charge in [0.05, 0.1) is 5.69 Å². The third kappa shape index (κ3) is 3.66. The number of hydrogen-bond donors (Lipinski definition) is 1. The summed E-state index contributed by atoms with van der Waals surface area (Å²) in [6.07, 6.45) is 2.88. The van der Waals surface area contributed by atoms with Gasteiger partial charge in [0.15, 0.2) is 0 Å². The molecule has 1 aromatic carbocycles. The van der Waals surface area contributed by atoms with Gasteiger partial charge in [-0.1, -0.05) is 12.8 Å². The van der Waals surface area contributed by atoms with Gasteiger partial charge in [0.2, 0.25) is 0 Å². The van der Waals surface area contributed by atoms with E-state index in [1.165, 1.54) is 0 Å². The monoisotopic (exact) mass is 325 g/mol. The van der Waals surface area contributed by atoms with Crippen molar-refractivity contribution in [2.75, 3.05) is 5.32 Å². The summed E-state index contributed by atoms with van der Waals surface area (Å²) in [5.41, 5.74) is -5.68. The zero-order chi connectivity index (χ0) is 15.8. The first-order chi connectivity index (χ1) is 9.61. The standard InChI is InChI=1S/C13H15F4NO2S/c1-8(6-9-2-3-9)18-11-5-4-10(14)7-12(11)21(19,20)13(15,16)17/h4-5,7-9,18H,2-3,6H2,1H3. The summed E-state index contributed by atoms with van der Waals surface area (Å²) in [7, 11) is -5.59. The summed E-state index contributed by atoms with van der Waals surface area (Å²) in [6.45, 7) is 1.76. The molecule has 21 heavy (non-hydrogen) atoms. The number of anilines is 1. The minimum atomic E-state index is -5.59. The Morgan fingerprint density at radius 3 is 2.48 bits per heavy atom. The average Bonchev–Trinajstić information content (AvgIpc) is 3.13. The van der Waals surface area contributed by atoms with Crippen molar-refractivity contribution in [1.82, 2.24) is 0 Å². The molecule has 8 heteroatoms. The SMILES string of the molecule is CC(CC1CC1)Nc1ccc(F)cc1S(=O)(=O)C(F)(F)F. The van der Waals surface area contributed by atoms with Crippen molar-refractivity contribution in [3.05, 3.63) is 24.0 Å². The molecule has 0 aromatic heterocycles. The Morgan fingerprint density at radius 1 is 1.33 bits per heavy atom. The van der Waals surface area contributed by atoms with E-state index in [1.54, 1.807) is 6.92 Å². The Hall–Kier alpha value is -1.31. The minimum absolute atomic E-state index is 0.190. The van der Waals surface area contributed by atoms with E-state index in [4.69, 9.17) is 0 Å². The molecule has 2 rings (SSSR count). The largest absolute Gasteiger partial charge is 0.501 e. The van der Waals surface area contributed by atoms with E-state index in [-0.39, 0.29) is 11.7 Å².